The van der Waals surface area contributed by atoms with E-state index < -0.39 is 5.97 Å². The third kappa shape index (κ3) is 2.44. The zero-order chi connectivity index (χ0) is 15.5. The average molecular weight is 294 g/mol. The number of carbonyl (C=O) groups is 1. The number of hydrogen-bond donors (Lipinski definition) is 0. The molecule has 1 aliphatic heterocycles. The molecule has 0 atom stereocenters. The summed E-state index contributed by atoms with van der Waals surface area (Å²) in [7, 11) is 2.06. The third-order valence-electron chi connectivity index (χ3n) is 3.79. The number of anilines is 4. The van der Waals surface area contributed by atoms with Crippen molar-refractivity contribution in [3.63, 3.8) is 0 Å². The van der Waals surface area contributed by atoms with Crippen molar-refractivity contribution in [3.05, 3.63) is 61.2 Å². The van der Waals surface area contributed by atoms with Gasteiger partial charge < -0.3 is 14.5 Å². The zero-order valence-corrected chi connectivity index (χ0v) is 12.5. The number of benzene rings is 2. The molecular formula is C18H18N2O2. The summed E-state index contributed by atoms with van der Waals surface area (Å²) in [5.74, 6) is -0.393. The number of para-hydroxylation sites is 4. The summed E-state index contributed by atoms with van der Waals surface area (Å²) in [5, 5.41) is 0. The van der Waals surface area contributed by atoms with Gasteiger partial charge in [0.1, 0.15) is 6.61 Å². The summed E-state index contributed by atoms with van der Waals surface area (Å²) in [4.78, 5) is 15.6. The fraction of sp³-hybridized carbons (Fsp3) is 0.167. The molecule has 1 aliphatic rings. The van der Waals surface area contributed by atoms with Gasteiger partial charge in [0.2, 0.25) is 0 Å². The van der Waals surface area contributed by atoms with Gasteiger partial charge in [-0.1, -0.05) is 30.8 Å². The summed E-state index contributed by atoms with van der Waals surface area (Å²) in [6.07, 6.45) is 1.19. The van der Waals surface area contributed by atoms with Crippen molar-refractivity contribution in [2.45, 2.75) is 0 Å². The molecule has 0 radical (unpaired) electrons. The van der Waals surface area contributed by atoms with Crippen LogP contribution in [0.2, 0.25) is 0 Å². The molecule has 2 aromatic carbocycles. The number of esters is 1. The first-order valence-corrected chi connectivity index (χ1v) is 7.21. The van der Waals surface area contributed by atoms with E-state index in [0.717, 1.165) is 22.7 Å². The van der Waals surface area contributed by atoms with Crippen molar-refractivity contribution in [3.8, 4) is 0 Å². The molecule has 3 rings (SSSR count). The van der Waals surface area contributed by atoms with E-state index in [1.807, 2.05) is 24.3 Å². The Hall–Kier alpha value is -2.75. The lowest BCUT2D eigenvalue weighted by atomic mass is 10.1. The second-order valence-corrected chi connectivity index (χ2v) is 5.06. The van der Waals surface area contributed by atoms with Crippen molar-refractivity contribution in [1.29, 1.82) is 0 Å². The number of nitrogens with zero attached hydrogens (tertiary/aromatic N) is 2. The number of carbonyl (C=O) groups excluding carboxylic acids is 1. The predicted molar refractivity (Wildman–Crippen MR) is 89.1 cm³/mol. The Labute approximate surface area is 130 Å². The molecule has 0 saturated carbocycles. The van der Waals surface area contributed by atoms with E-state index in [2.05, 4.69) is 47.7 Å². The first-order valence-electron chi connectivity index (χ1n) is 7.21. The highest BCUT2D eigenvalue weighted by atomic mass is 16.5. The first kappa shape index (κ1) is 14.2. The van der Waals surface area contributed by atoms with Crippen LogP contribution in [0.1, 0.15) is 0 Å². The highest BCUT2D eigenvalue weighted by Crippen LogP contribution is 2.46. The van der Waals surface area contributed by atoms with Gasteiger partial charge in [0.05, 0.1) is 29.3 Å². The van der Waals surface area contributed by atoms with Gasteiger partial charge in [-0.25, -0.2) is 4.79 Å². The van der Waals surface area contributed by atoms with E-state index in [1.165, 1.54) is 6.08 Å². The molecule has 0 aromatic heterocycles. The van der Waals surface area contributed by atoms with Crippen molar-refractivity contribution >= 4 is 28.7 Å². The Morgan fingerprint density at radius 2 is 1.55 bits per heavy atom. The van der Waals surface area contributed by atoms with Crippen LogP contribution in [0, 0.1) is 0 Å². The van der Waals surface area contributed by atoms with Crippen LogP contribution < -0.4 is 9.80 Å². The second kappa shape index (κ2) is 5.93. The predicted octanol–water partition coefficient (Wildman–Crippen LogP) is 3.64. The van der Waals surface area contributed by atoms with Crippen LogP contribution in [0.3, 0.4) is 0 Å². The van der Waals surface area contributed by atoms with Gasteiger partial charge in [-0.15, -0.1) is 0 Å². The number of rotatable bonds is 4. The lowest BCUT2D eigenvalue weighted by Gasteiger charge is -2.38. The molecule has 0 bridgehead atoms. The molecule has 2 aromatic rings. The summed E-state index contributed by atoms with van der Waals surface area (Å²) >= 11 is 0. The molecule has 0 aliphatic carbocycles. The minimum Gasteiger partial charge on any atom is -0.461 e. The smallest absolute Gasteiger partial charge is 0.330 e. The van der Waals surface area contributed by atoms with Gasteiger partial charge in [-0.2, -0.15) is 0 Å². The van der Waals surface area contributed by atoms with Gasteiger partial charge in [0, 0.05) is 13.1 Å². The maximum absolute atomic E-state index is 11.2. The highest BCUT2D eigenvalue weighted by molar-refractivity contribution is 5.92. The van der Waals surface area contributed by atoms with Crippen molar-refractivity contribution in [2.75, 3.05) is 30.0 Å². The highest BCUT2D eigenvalue weighted by Gasteiger charge is 2.25. The molecule has 1 heterocycles. The number of fused-ring (bicyclic) bond motifs is 2. The summed E-state index contributed by atoms with van der Waals surface area (Å²) in [5.41, 5.74) is 4.49. The average Bonchev–Trinajstić information content (AvgIpc) is 2.57. The quantitative estimate of drug-likeness (QED) is 0.637. The van der Waals surface area contributed by atoms with Crippen LogP contribution in [-0.2, 0) is 9.53 Å². The normalized spacial score (nSPS) is 12.4. The van der Waals surface area contributed by atoms with Gasteiger partial charge in [-0.3, -0.25) is 0 Å². The summed E-state index contributed by atoms with van der Waals surface area (Å²) in [6, 6.07) is 16.4. The minimum absolute atomic E-state index is 0.317. The standard InChI is InChI=1S/C18H18N2O2/c1-3-18(21)22-13-12-20-16-10-6-4-8-14(16)19(2)15-9-5-7-11-17(15)20/h3-11H,1,12-13H2,2H3. The van der Waals surface area contributed by atoms with Crippen LogP contribution in [0.5, 0.6) is 0 Å². The number of hydrogen-bond acceptors (Lipinski definition) is 4. The van der Waals surface area contributed by atoms with Crippen LogP contribution in [0.25, 0.3) is 0 Å². The Morgan fingerprint density at radius 1 is 1.05 bits per heavy atom. The molecular weight excluding hydrogens is 276 g/mol. The maximum atomic E-state index is 11.2. The lowest BCUT2D eigenvalue weighted by Crippen LogP contribution is -2.30. The van der Waals surface area contributed by atoms with E-state index in [9.17, 15) is 4.79 Å². The largest absolute Gasteiger partial charge is 0.461 e. The Kier molecular flexibility index (Phi) is 3.83. The van der Waals surface area contributed by atoms with Crippen LogP contribution in [0.15, 0.2) is 61.2 Å². The van der Waals surface area contributed by atoms with E-state index in [0.29, 0.717) is 13.2 Å². The van der Waals surface area contributed by atoms with E-state index >= 15 is 0 Å². The molecule has 0 saturated heterocycles. The Bertz CT molecular complexity index is 664. The van der Waals surface area contributed by atoms with E-state index in [1.54, 1.807) is 0 Å². The second-order valence-electron chi connectivity index (χ2n) is 5.06. The molecule has 0 fully saturated rings. The molecule has 0 spiro atoms. The van der Waals surface area contributed by atoms with Crippen LogP contribution in [-0.4, -0.2) is 26.2 Å². The Morgan fingerprint density at radius 3 is 2.05 bits per heavy atom. The molecule has 112 valence electrons. The lowest BCUT2D eigenvalue weighted by molar-refractivity contribution is -0.137. The van der Waals surface area contributed by atoms with Crippen LogP contribution >= 0.6 is 0 Å². The van der Waals surface area contributed by atoms with Gasteiger partial charge in [0.15, 0.2) is 0 Å². The monoisotopic (exact) mass is 294 g/mol. The topological polar surface area (TPSA) is 32.8 Å². The van der Waals surface area contributed by atoms with Crippen LogP contribution in [0.4, 0.5) is 22.7 Å². The maximum Gasteiger partial charge on any atom is 0.330 e. The molecule has 4 nitrogen and oxygen atoms in total. The first-order chi connectivity index (χ1) is 10.7. The SMILES string of the molecule is C=CC(=O)OCCN1c2ccccc2N(C)c2ccccc21. The third-order valence-corrected chi connectivity index (χ3v) is 3.79. The Balaban J connectivity index is 1.93. The molecule has 0 N–H and O–H groups in total. The molecule has 4 heteroatoms. The minimum atomic E-state index is -0.393. The van der Waals surface area contributed by atoms with Gasteiger partial charge in [-0.05, 0) is 24.3 Å². The van der Waals surface area contributed by atoms with E-state index in [4.69, 9.17) is 4.74 Å². The summed E-state index contributed by atoms with van der Waals surface area (Å²) in [6.45, 7) is 4.33. The number of ether oxygens (including phenoxy) is 1. The zero-order valence-electron chi connectivity index (χ0n) is 12.5. The summed E-state index contributed by atoms with van der Waals surface area (Å²) < 4.78 is 5.14. The fourth-order valence-electron chi connectivity index (χ4n) is 2.75. The van der Waals surface area contributed by atoms with Gasteiger partial charge in [0.25, 0.3) is 0 Å². The van der Waals surface area contributed by atoms with Crippen molar-refractivity contribution in [1.82, 2.24) is 0 Å². The molecule has 0 unspecified atom stereocenters. The molecule has 0 amide bonds. The van der Waals surface area contributed by atoms with Crippen molar-refractivity contribution < 1.29 is 9.53 Å². The molecule has 22 heavy (non-hydrogen) atoms. The van der Waals surface area contributed by atoms with Crippen molar-refractivity contribution in [2.24, 2.45) is 0 Å². The van der Waals surface area contributed by atoms with Gasteiger partial charge >= 0.3 is 5.97 Å². The fourth-order valence-corrected chi connectivity index (χ4v) is 2.75. The van der Waals surface area contributed by atoms with E-state index in [-0.39, 0.29) is 0 Å².